The maximum Gasteiger partial charge on any atom is 0.0129 e. The second-order valence-electron chi connectivity index (χ2n) is 3.67. The smallest absolute Gasteiger partial charge is 0.0129 e. The summed E-state index contributed by atoms with van der Waals surface area (Å²) in [6, 6.07) is 0.659. The lowest BCUT2D eigenvalue weighted by Gasteiger charge is -2.14. The lowest BCUT2D eigenvalue weighted by molar-refractivity contribution is 0.390. The molecule has 1 N–H and O–H groups in total. The zero-order valence-electron chi connectivity index (χ0n) is 9.47. The van der Waals surface area contributed by atoms with Crippen molar-refractivity contribution in [2.45, 2.75) is 26.3 Å². The van der Waals surface area contributed by atoms with Gasteiger partial charge >= 0.3 is 0 Å². The molecule has 0 aromatic heterocycles. The summed E-state index contributed by atoms with van der Waals surface area (Å²) in [6.45, 7) is 6.80. The summed E-state index contributed by atoms with van der Waals surface area (Å²) < 4.78 is 0. The third-order valence-electron chi connectivity index (χ3n) is 1.85. The summed E-state index contributed by atoms with van der Waals surface area (Å²) in [5, 5.41) is 3.53. The second kappa shape index (κ2) is 8.85. The van der Waals surface area contributed by atoms with Crippen molar-refractivity contribution in [2.75, 3.05) is 38.7 Å². The molecule has 0 aliphatic rings. The molecular weight excluding hydrogens is 180 g/mol. The van der Waals surface area contributed by atoms with E-state index in [1.54, 1.807) is 0 Å². The molecule has 1 unspecified atom stereocenters. The quantitative estimate of drug-likeness (QED) is 0.606. The van der Waals surface area contributed by atoms with Gasteiger partial charge < -0.3 is 10.2 Å². The number of nitrogens with zero attached hydrogens (tertiary/aromatic N) is 1. The first-order valence-electron chi connectivity index (χ1n) is 5.12. The molecule has 0 spiro atoms. The zero-order chi connectivity index (χ0) is 10.1. The lowest BCUT2D eigenvalue weighted by Crippen LogP contribution is -2.30. The van der Waals surface area contributed by atoms with E-state index in [4.69, 9.17) is 0 Å². The van der Waals surface area contributed by atoms with Gasteiger partial charge in [0.05, 0.1) is 0 Å². The van der Waals surface area contributed by atoms with E-state index in [-0.39, 0.29) is 0 Å². The van der Waals surface area contributed by atoms with Crippen LogP contribution in [0.25, 0.3) is 0 Å². The van der Waals surface area contributed by atoms with Crippen molar-refractivity contribution in [3.8, 4) is 0 Å². The van der Waals surface area contributed by atoms with Gasteiger partial charge in [0.2, 0.25) is 0 Å². The lowest BCUT2D eigenvalue weighted by atomic mass is 10.3. The Morgan fingerprint density at radius 3 is 2.62 bits per heavy atom. The summed E-state index contributed by atoms with van der Waals surface area (Å²) in [5.41, 5.74) is 0. The van der Waals surface area contributed by atoms with E-state index in [0.717, 1.165) is 6.54 Å². The van der Waals surface area contributed by atoms with E-state index in [0.29, 0.717) is 6.04 Å². The van der Waals surface area contributed by atoms with Crippen LogP contribution in [-0.4, -0.2) is 49.6 Å². The zero-order valence-corrected chi connectivity index (χ0v) is 10.3. The molecular formula is C10H24N2S. The van der Waals surface area contributed by atoms with Crippen LogP contribution in [-0.2, 0) is 0 Å². The Morgan fingerprint density at radius 1 is 1.38 bits per heavy atom. The van der Waals surface area contributed by atoms with E-state index in [2.05, 4.69) is 38.2 Å². The van der Waals surface area contributed by atoms with E-state index in [1.165, 1.54) is 24.5 Å². The third-order valence-corrected chi connectivity index (χ3v) is 2.99. The summed E-state index contributed by atoms with van der Waals surface area (Å²) >= 11 is 2.01. The Balaban J connectivity index is 3.12. The van der Waals surface area contributed by atoms with Gasteiger partial charge in [0.1, 0.15) is 0 Å². The fraction of sp³-hybridized carbons (Fsp3) is 1.00. The van der Waals surface area contributed by atoms with Crippen LogP contribution in [0.4, 0.5) is 0 Å². The van der Waals surface area contributed by atoms with Gasteiger partial charge in [-0.3, -0.25) is 0 Å². The van der Waals surface area contributed by atoms with Crippen LogP contribution >= 0.6 is 11.8 Å². The van der Waals surface area contributed by atoms with Crippen molar-refractivity contribution >= 4 is 11.8 Å². The topological polar surface area (TPSA) is 15.3 Å². The first-order valence-corrected chi connectivity index (χ1v) is 6.28. The summed E-state index contributed by atoms with van der Waals surface area (Å²) in [7, 11) is 4.24. The minimum Gasteiger partial charge on any atom is -0.313 e. The minimum absolute atomic E-state index is 0.659. The van der Waals surface area contributed by atoms with Crippen LogP contribution in [0.2, 0.25) is 0 Å². The molecule has 0 rings (SSSR count). The van der Waals surface area contributed by atoms with Crippen molar-refractivity contribution in [1.29, 1.82) is 0 Å². The molecule has 0 radical (unpaired) electrons. The molecule has 0 amide bonds. The molecule has 13 heavy (non-hydrogen) atoms. The molecule has 0 aromatic rings. The molecule has 0 aliphatic carbocycles. The molecule has 1 atom stereocenters. The first-order chi connectivity index (χ1) is 6.16. The van der Waals surface area contributed by atoms with E-state index >= 15 is 0 Å². The Kier molecular flexibility index (Phi) is 9.03. The van der Waals surface area contributed by atoms with Crippen molar-refractivity contribution in [1.82, 2.24) is 10.2 Å². The second-order valence-corrected chi connectivity index (χ2v) is 4.99. The van der Waals surface area contributed by atoms with Crippen LogP contribution in [0.3, 0.4) is 0 Å². The fourth-order valence-corrected chi connectivity index (χ4v) is 1.80. The number of rotatable bonds is 8. The Labute approximate surface area is 87.5 Å². The molecule has 80 valence electrons. The van der Waals surface area contributed by atoms with E-state index < -0.39 is 0 Å². The van der Waals surface area contributed by atoms with Crippen LogP contribution < -0.4 is 5.32 Å². The van der Waals surface area contributed by atoms with Crippen LogP contribution in [0.1, 0.15) is 20.3 Å². The molecule has 0 fully saturated rings. The molecule has 0 saturated heterocycles. The Hall–Kier alpha value is 0.270. The van der Waals surface area contributed by atoms with Gasteiger partial charge in [-0.05, 0) is 46.3 Å². The predicted octanol–water partition coefficient (Wildman–Crippen LogP) is 1.67. The van der Waals surface area contributed by atoms with Crippen molar-refractivity contribution in [3.05, 3.63) is 0 Å². The highest BCUT2D eigenvalue weighted by atomic mass is 32.2. The Bertz CT molecular complexity index is 107. The minimum atomic E-state index is 0.659. The van der Waals surface area contributed by atoms with Gasteiger partial charge in [0, 0.05) is 11.8 Å². The summed E-state index contributed by atoms with van der Waals surface area (Å²) in [6.07, 6.45) is 1.24. The predicted molar refractivity (Wildman–Crippen MR) is 63.6 cm³/mol. The van der Waals surface area contributed by atoms with Crippen LogP contribution in [0.5, 0.6) is 0 Å². The highest BCUT2D eigenvalue weighted by molar-refractivity contribution is 7.99. The van der Waals surface area contributed by atoms with Gasteiger partial charge in [0.25, 0.3) is 0 Å². The van der Waals surface area contributed by atoms with Crippen LogP contribution in [0, 0.1) is 0 Å². The molecule has 2 nitrogen and oxygen atoms in total. The number of hydrogen-bond acceptors (Lipinski definition) is 3. The van der Waals surface area contributed by atoms with E-state index in [1.807, 2.05) is 11.8 Å². The Morgan fingerprint density at radius 2 is 2.08 bits per heavy atom. The monoisotopic (exact) mass is 204 g/mol. The van der Waals surface area contributed by atoms with E-state index in [9.17, 15) is 0 Å². The van der Waals surface area contributed by atoms with Crippen molar-refractivity contribution < 1.29 is 0 Å². The third kappa shape index (κ3) is 10.2. The number of nitrogens with one attached hydrogen (secondary N) is 1. The molecule has 0 saturated carbocycles. The number of hydrogen-bond donors (Lipinski definition) is 1. The summed E-state index contributed by atoms with van der Waals surface area (Å²) in [4.78, 5) is 2.23. The largest absolute Gasteiger partial charge is 0.313 e. The highest BCUT2D eigenvalue weighted by Gasteiger charge is 1.99. The first kappa shape index (κ1) is 13.3. The SMILES string of the molecule is CCSCC(C)NCCCN(C)C. The molecule has 0 heterocycles. The fourth-order valence-electron chi connectivity index (χ4n) is 1.10. The van der Waals surface area contributed by atoms with Crippen molar-refractivity contribution in [2.24, 2.45) is 0 Å². The summed E-state index contributed by atoms with van der Waals surface area (Å²) in [5.74, 6) is 2.46. The average molecular weight is 204 g/mol. The van der Waals surface area contributed by atoms with Gasteiger partial charge in [-0.1, -0.05) is 6.92 Å². The standard InChI is InChI=1S/C10H24N2S/c1-5-13-9-10(2)11-7-6-8-12(3)4/h10-11H,5-9H2,1-4H3. The van der Waals surface area contributed by atoms with Gasteiger partial charge in [-0.15, -0.1) is 0 Å². The molecule has 3 heteroatoms. The van der Waals surface area contributed by atoms with Gasteiger partial charge in [0.15, 0.2) is 0 Å². The molecule has 0 aliphatic heterocycles. The highest BCUT2D eigenvalue weighted by Crippen LogP contribution is 2.00. The van der Waals surface area contributed by atoms with Gasteiger partial charge in [-0.2, -0.15) is 11.8 Å². The van der Waals surface area contributed by atoms with Crippen LogP contribution in [0.15, 0.2) is 0 Å². The maximum absolute atomic E-state index is 3.53. The average Bonchev–Trinajstić information content (AvgIpc) is 2.08. The number of thioether (sulfide) groups is 1. The van der Waals surface area contributed by atoms with Gasteiger partial charge in [-0.25, -0.2) is 0 Å². The normalized spacial score (nSPS) is 13.6. The molecule has 0 bridgehead atoms. The van der Waals surface area contributed by atoms with Crippen molar-refractivity contribution in [3.63, 3.8) is 0 Å². The maximum atomic E-state index is 3.53. The molecule has 0 aromatic carbocycles.